The highest BCUT2D eigenvalue weighted by atomic mass is 19.4. The maximum Gasteiger partial charge on any atom is 0.416 e. The van der Waals surface area contributed by atoms with Crippen LogP contribution in [-0.2, 0) is 12.7 Å². The third kappa shape index (κ3) is 3.97. The highest BCUT2D eigenvalue weighted by molar-refractivity contribution is 5.96. The number of halogens is 3. The van der Waals surface area contributed by atoms with Crippen LogP contribution in [0.1, 0.15) is 32.9 Å². The first-order valence-corrected chi connectivity index (χ1v) is 6.73. The van der Waals surface area contributed by atoms with Gasteiger partial charge in [0.1, 0.15) is 0 Å². The molecule has 0 aliphatic rings. The molecule has 0 unspecified atom stereocenters. The van der Waals surface area contributed by atoms with Crippen LogP contribution in [-0.4, -0.2) is 15.9 Å². The van der Waals surface area contributed by atoms with Crippen molar-refractivity contribution in [2.24, 2.45) is 0 Å². The average molecular weight is 324 g/mol. The number of anilines is 1. The SMILES string of the molecule is Cc1nc(N)nc(C)c1C(=O)NCc1cccc(C(F)(F)F)c1. The lowest BCUT2D eigenvalue weighted by molar-refractivity contribution is -0.137. The number of nitrogens with two attached hydrogens (primary N) is 1. The fourth-order valence-corrected chi connectivity index (χ4v) is 2.20. The third-order valence-corrected chi connectivity index (χ3v) is 3.22. The zero-order valence-electron chi connectivity index (χ0n) is 12.5. The van der Waals surface area contributed by atoms with Gasteiger partial charge in [-0.15, -0.1) is 0 Å². The highest BCUT2D eigenvalue weighted by Crippen LogP contribution is 2.29. The standard InChI is InChI=1S/C15H15F3N4O/c1-8-12(9(2)22-14(19)21-8)13(23)20-7-10-4-3-5-11(6-10)15(16,17)18/h3-6H,7H2,1-2H3,(H,20,23)(H2,19,21,22). The Hall–Kier alpha value is -2.64. The summed E-state index contributed by atoms with van der Waals surface area (Å²) in [6.07, 6.45) is -4.42. The number of benzene rings is 1. The fraction of sp³-hybridized carbons (Fsp3) is 0.267. The van der Waals surface area contributed by atoms with Gasteiger partial charge in [-0.3, -0.25) is 4.79 Å². The van der Waals surface area contributed by atoms with Crippen LogP contribution in [0, 0.1) is 13.8 Å². The van der Waals surface area contributed by atoms with E-state index in [-0.39, 0.29) is 18.1 Å². The lowest BCUT2D eigenvalue weighted by Crippen LogP contribution is -2.26. The quantitative estimate of drug-likeness (QED) is 0.909. The van der Waals surface area contributed by atoms with Crippen molar-refractivity contribution >= 4 is 11.9 Å². The zero-order chi connectivity index (χ0) is 17.2. The number of rotatable bonds is 3. The van der Waals surface area contributed by atoms with Gasteiger partial charge < -0.3 is 11.1 Å². The van der Waals surface area contributed by atoms with Gasteiger partial charge in [0.15, 0.2) is 0 Å². The van der Waals surface area contributed by atoms with Crippen molar-refractivity contribution in [1.29, 1.82) is 0 Å². The fourth-order valence-electron chi connectivity index (χ4n) is 2.20. The molecule has 2 aromatic rings. The van der Waals surface area contributed by atoms with Gasteiger partial charge in [-0.2, -0.15) is 13.2 Å². The molecule has 0 fully saturated rings. The van der Waals surface area contributed by atoms with Crippen LogP contribution in [0.5, 0.6) is 0 Å². The minimum Gasteiger partial charge on any atom is -0.368 e. The molecule has 5 nitrogen and oxygen atoms in total. The van der Waals surface area contributed by atoms with Crippen LogP contribution in [0.3, 0.4) is 0 Å². The molecule has 0 saturated heterocycles. The minimum absolute atomic E-state index is 0.0357. The molecule has 0 radical (unpaired) electrons. The Kier molecular flexibility index (Phi) is 4.53. The maximum absolute atomic E-state index is 12.7. The molecule has 1 aromatic heterocycles. The molecule has 1 heterocycles. The van der Waals surface area contributed by atoms with Crippen LogP contribution in [0.2, 0.25) is 0 Å². The van der Waals surface area contributed by atoms with Crippen LogP contribution in [0.15, 0.2) is 24.3 Å². The van der Waals surface area contributed by atoms with E-state index in [1.54, 1.807) is 13.8 Å². The molecular formula is C15H15F3N4O. The van der Waals surface area contributed by atoms with Crippen LogP contribution in [0.25, 0.3) is 0 Å². The smallest absolute Gasteiger partial charge is 0.368 e. The lowest BCUT2D eigenvalue weighted by Gasteiger charge is -2.11. The van der Waals surface area contributed by atoms with Gasteiger partial charge in [0.2, 0.25) is 5.95 Å². The van der Waals surface area contributed by atoms with E-state index in [0.29, 0.717) is 17.0 Å². The van der Waals surface area contributed by atoms with Crippen molar-refractivity contribution in [3.8, 4) is 0 Å². The summed E-state index contributed by atoms with van der Waals surface area (Å²) in [6.45, 7) is 3.19. The predicted molar refractivity (Wildman–Crippen MR) is 78.5 cm³/mol. The summed E-state index contributed by atoms with van der Waals surface area (Å²) >= 11 is 0. The number of hydrogen-bond donors (Lipinski definition) is 2. The Morgan fingerprint density at radius 1 is 1.22 bits per heavy atom. The molecule has 0 aliphatic carbocycles. The Bertz CT molecular complexity index is 721. The number of hydrogen-bond acceptors (Lipinski definition) is 4. The van der Waals surface area contributed by atoms with Gasteiger partial charge in [0.05, 0.1) is 22.5 Å². The predicted octanol–water partition coefficient (Wildman–Crippen LogP) is 2.62. The van der Waals surface area contributed by atoms with Crippen molar-refractivity contribution in [2.45, 2.75) is 26.6 Å². The molecule has 8 heteroatoms. The number of aromatic nitrogens is 2. The number of carbonyl (C=O) groups is 1. The molecule has 0 spiro atoms. The molecule has 0 bridgehead atoms. The number of nitrogens with one attached hydrogen (secondary N) is 1. The van der Waals surface area contributed by atoms with E-state index < -0.39 is 17.6 Å². The summed E-state index contributed by atoms with van der Waals surface area (Å²) in [7, 11) is 0. The second-order valence-electron chi connectivity index (χ2n) is 5.01. The summed E-state index contributed by atoms with van der Waals surface area (Å²) in [5.74, 6) is -0.396. The van der Waals surface area contributed by atoms with E-state index in [0.717, 1.165) is 12.1 Å². The lowest BCUT2D eigenvalue weighted by atomic mass is 10.1. The van der Waals surface area contributed by atoms with Gasteiger partial charge in [-0.25, -0.2) is 9.97 Å². The first-order valence-electron chi connectivity index (χ1n) is 6.73. The van der Waals surface area contributed by atoms with E-state index in [2.05, 4.69) is 15.3 Å². The largest absolute Gasteiger partial charge is 0.416 e. The number of carbonyl (C=O) groups excluding carboxylic acids is 1. The number of nitrogen functional groups attached to an aromatic ring is 1. The van der Waals surface area contributed by atoms with Crippen LogP contribution in [0.4, 0.5) is 19.1 Å². The number of aryl methyl sites for hydroxylation is 2. The monoisotopic (exact) mass is 324 g/mol. The van der Waals surface area contributed by atoms with E-state index in [4.69, 9.17) is 5.73 Å². The highest BCUT2D eigenvalue weighted by Gasteiger charge is 2.30. The molecule has 1 aromatic carbocycles. The van der Waals surface area contributed by atoms with E-state index >= 15 is 0 Å². The number of nitrogens with zero attached hydrogens (tertiary/aromatic N) is 2. The molecule has 1 amide bonds. The molecule has 0 aliphatic heterocycles. The van der Waals surface area contributed by atoms with Crippen LogP contribution >= 0.6 is 0 Å². The van der Waals surface area contributed by atoms with Crippen molar-refractivity contribution in [2.75, 3.05) is 5.73 Å². The summed E-state index contributed by atoms with van der Waals surface area (Å²) in [6, 6.07) is 4.79. The topological polar surface area (TPSA) is 80.9 Å². The molecule has 2 rings (SSSR count). The Morgan fingerprint density at radius 3 is 2.39 bits per heavy atom. The van der Waals surface area contributed by atoms with Gasteiger partial charge >= 0.3 is 6.18 Å². The second-order valence-corrected chi connectivity index (χ2v) is 5.01. The second kappa shape index (κ2) is 6.23. The normalized spacial score (nSPS) is 11.3. The van der Waals surface area contributed by atoms with E-state index in [1.165, 1.54) is 12.1 Å². The Labute approximate surface area is 130 Å². The van der Waals surface area contributed by atoms with Crippen molar-refractivity contribution in [3.05, 3.63) is 52.3 Å². The number of alkyl halides is 3. The van der Waals surface area contributed by atoms with E-state index in [1.807, 2.05) is 0 Å². The first kappa shape index (κ1) is 16.7. The molecule has 3 N–H and O–H groups in total. The summed E-state index contributed by atoms with van der Waals surface area (Å²) < 4.78 is 38.0. The van der Waals surface area contributed by atoms with Crippen molar-refractivity contribution in [3.63, 3.8) is 0 Å². The van der Waals surface area contributed by atoms with Gasteiger partial charge in [0.25, 0.3) is 5.91 Å². The average Bonchev–Trinajstić information content (AvgIpc) is 2.43. The first-order chi connectivity index (χ1) is 10.7. The molecule has 23 heavy (non-hydrogen) atoms. The van der Waals surface area contributed by atoms with Crippen molar-refractivity contribution in [1.82, 2.24) is 15.3 Å². The summed E-state index contributed by atoms with van der Waals surface area (Å²) in [5.41, 5.74) is 6.18. The van der Waals surface area contributed by atoms with Crippen LogP contribution < -0.4 is 11.1 Å². The van der Waals surface area contributed by atoms with Crippen molar-refractivity contribution < 1.29 is 18.0 Å². The molecule has 122 valence electrons. The number of amides is 1. The third-order valence-electron chi connectivity index (χ3n) is 3.22. The summed E-state index contributed by atoms with van der Waals surface area (Å²) in [5, 5.41) is 2.57. The zero-order valence-corrected chi connectivity index (χ0v) is 12.5. The molecular weight excluding hydrogens is 309 g/mol. The van der Waals surface area contributed by atoms with Gasteiger partial charge in [-0.1, -0.05) is 12.1 Å². The summed E-state index contributed by atoms with van der Waals surface area (Å²) in [4.78, 5) is 20.0. The van der Waals surface area contributed by atoms with Gasteiger partial charge in [0, 0.05) is 6.54 Å². The Balaban J connectivity index is 2.14. The minimum atomic E-state index is -4.42. The molecule has 0 saturated carbocycles. The van der Waals surface area contributed by atoms with Gasteiger partial charge in [-0.05, 0) is 31.5 Å². The molecule has 0 atom stereocenters. The maximum atomic E-state index is 12.7. The van der Waals surface area contributed by atoms with E-state index in [9.17, 15) is 18.0 Å². The Morgan fingerprint density at radius 2 is 1.83 bits per heavy atom.